The van der Waals surface area contributed by atoms with Crippen molar-refractivity contribution in [1.82, 2.24) is 14.8 Å². The Morgan fingerprint density at radius 2 is 1.80 bits per heavy atom. The number of nitrogens with zero attached hydrogens (tertiary/aromatic N) is 3. The first-order valence-corrected chi connectivity index (χ1v) is 9.68. The van der Waals surface area contributed by atoms with Crippen LogP contribution in [0.2, 0.25) is 0 Å². The van der Waals surface area contributed by atoms with Gasteiger partial charge in [-0.25, -0.2) is 4.98 Å². The molecule has 0 amide bonds. The van der Waals surface area contributed by atoms with Gasteiger partial charge in [-0.15, -0.1) is 0 Å². The molecule has 4 nitrogen and oxygen atoms in total. The number of benzene rings is 1. The highest BCUT2D eigenvalue weighted by molar-refractivity contribution is 9.10. The van der Waals surface area contributed by atoms with Gasteiger partial charge in [0.1, 0.15) is 5.82 Å². The second-order valence-electron chi connectivity index (χ2n) is 6.49. The maximum Gasteiger partial charge on any atom is 0.174 e. The monoisotopic (exact) mass is 418 g/mol. The van der Waals surface area contributed by atoms with Crippen LogP contribution in [0.5, 0.6) is 0 Å². The highest BCUT2D eigenvalue weighted by Crippen LogP contribution is 2.15. The molecule has 3 rings (SSSR count). The molecule has 1 aromatic carbocycles. The van der Waals surface area contributed by atoms with E-state index in [2.05, 4.69) is 73.3 Å². The molecule has 1 saturated heterocycles. The molecule has 0 atom stereocenters. The maximum atomic E-state index is 5.58. The third-order valence-electron chi connectivity index (χ3n) is 4.31. The lowest BCUT2D eigenvalue weighted by Crippen LogP contribution is -2.49. The van der Waals surface area contributed by atoms with Crippen LogP contribution in [0.25, 0.3) is 0 Å². The summed E-state index contributed by atoms with van der Waals surface area (Å²) in [5.74, 6) is 0.833. The van der Waals surface area contributed by atoms with E-state index in [9.17, 15) is 0 Å². The van der Waals surface area contributed by atoms with E-state index in [-0.39, 0.29) is 0 Å². The molecule has 1 aliphatic rings. The molecular formula is C19H23BrN4S. The number of aromatic nitrogens is 1. The Bertz CT molecular complexity index is 719. The van der Waals surface area contributed by atoms with Crippen molar-refractivity contribution < 1.29 is 0 Å². The van der Waals surface area contributed by atoms with E-state index in [0.717, 1.165) is 53.8 Å². The van der Waals surface area contributed by atoms with Crippen LogP contribution in [0.1, 0.15) is 16.8 Å². The first kappa shape index (κ1) is 18.3. The Morgan fingerprint density at radius 3 is 2.44 bits per heavy atom. The van der Waals surface area contributed by atoms with Crippen molar-refractivity contribution in [3.8, 4) is 0 Å². The molecule has 1 N–H and O–H groups in total. The van der Waals surface area contributed by atoms with Crippen molar-refractivity contribution in [1.29, 1.82) is 0 Å². The number of anilines is 1. The number of rotatable bonds is 3. The number of hydrogen-bond donors (Lipinski definition) is 1. The largest absolute Gasteiger partial charge is 0.346 e. The van der Waals surface area contributed by atoms with Gasteiger partial charge in [0.05, 0.1) is 0 Å². The average molecular weight is 419 g/mol. The van der Waals surface area contributed by atoms with Gasteiger partial charge in [-0.2, -0.15) is 0 Å². The molecule has 2 heterocycles. The van der Waals surface area contributed by atoms with Gasteiger partial charge in [-0.05, 0) is 61.5 Å². The van der Waals surface area contributed by atoms with Crippen molar-refractivity contribution in [2.75, 3.05) is 31.5 Å². The maximum absolute atomic E-state index is 5.58. The van der Waals surface area contributed by atoms with Crippen LogP contribution in [0.3, 0.4) is 0 Å². The first-order valence-electron chi connectivity index (χ1n) is 8.47. The van der Waals surface area contributed by atoms with E-state index in [1.165, 1.54) is 11.1 Å². The Hall–Kier alpha value is -1.50. The molecule has 6 heteroatoms. The number of halogens is 1. The zero-order valence-electron chi connectivity index (χ0n) is 14.6. The molecule has 132 valence electrons. The van der Waals surface area contributed by atoms with Crippen LogP contribution in [-0.4, -0.2) is 46.1 Å². The van der Waals surface area contributed by atoms with Crippen molar-refractivity contribution in [2.24, 2.45) is 0 Å². The molecular weight excluding hydrogens is 396 g/mol. The van der Waals surface area contributed by atoms with Gasteiger partial charge in [0.15, 0.2) is 5.11 Å². The Labute approximate surface area is 163 Å². The lowest BCUT2D eigenvalue weighted by Gasteiger charge is -2.36. The molecule has 25 heavy (non-hydrogen) atoms. The third kappa shape index (κ3) is 5.23. The highest BCUT2D eigenvalue weighted by Gasteiger charge is 2.19. The summed E-state index contributed by atoms with van der Waals surface area (Å²) in [6, 6.07) is 12.6. The highest BCUT2D eigenvalue weighted by atomic mass is 79.9. The van der Waals surface area contributed by atoms with E-state index >= 15 is 0 Å². The van der Waals surface area contributed by atoms with E-state index in [1.54, 1.807) is 0 Å². The number of thiocarbonyl (C=S) groups is 1. The number of pyridine rings is 1. The van der Waals surface area contributed by atoms with Crippen LogP contribution in [-0.2, 0) is 6.54 Å². The summed E-state index contributed by atoms with van der Waals surface area (Å²) in [5.41, 5.74) is 3.54. The summed E-state index contributed by atoms with van der Waals surface area (Å²) in [7, 11) is 0. The topological polar surface area (TPSA) is 31.4 Å². The van der Waals surface area contributed by atoms with Gasteiger partial charge in [0, 0.05) is 42.9 Å². The summed E-state index contributed by atoms with van der Waals surface area (Å²) < 4.78 is 1.12. The standard InChI is InChI=1S/C19H23BrN4S/c1-14-11-15(2)21-18(12-14)22-19(25)24-9-7-23(8-10-24)13-16-3-5-17(20)6-4-16/h3-6,11-12H,7-10,13H2,1-2H3,(H,21,22,25). The first-order chi connectivity index (χ1) is 12.0. The normalized spacial score (nSPS) is 15.2. The number of hydrogen-bond acceptors (Lipinski definition) is 3. The van der Waals surface area contributed by atoms with Gasteiger partial charge in [-0.3, -0.25) is 4.90 Å². The minimum atomic E-state index is 0.765. The van der Waals surface area contributed by atoms with Crippen LogP contribution >= 0.6 is 28.1 Å². The summed E-state index contributed by atoms with van der Waals surface area (Å²) in [6.45, 7) is 8.96. The minimum Gasteiger partial charge on any atom is -0.346 e. The number of aryl methyl sites for hydroxylation is 2. The number of piperazine rings is 1. The quantitative estimate of drug-likeness (QED) is 0.761. The fraction of sp³-hybridized carbons (Fsp3) is 0.368. The second-order valence-corrected chi connectivity index (χ2v) is 7.79. The van der Waals surface area contributed by atoms with Crippen LogP contribution in [0, 0.1) is 13.8 Å². The smallest absolute Gasteiger partial charge is 0.174 e. The Kier molecular flexibility index (Phi) is 6.04. The average Bonchev–Trinajstić information content (AvgIpc) is 2.56. The fourth-order valence-electron chi connectivity index (χ4n) is 3.05. The third-order valence-corrected chi connectivity index (χ3v) is 5.20. The predicted octanol–water partition coefficient (Wildman–Crippen LogP) is 3.98. The summed E-state index contributed by atoms with van der Waals surface area (Å²) in [5, 5.41) is 4.05. The van der Waals surface area contributed by atoms with Gasteiger partial charge < -0.3 is 10.2 Å². The van der Waals surface area contributed by atoms with Crippen LogP contribution in [0.15, 0.2) is 40.9 Å². The molecule has 0 aliphatic carbocycles. The van der Waals surface area contributed by atoms with Gasteiger partial charge in [0.2, 0.25) is 0 Å². The van der Waals surface area contributed by atoms with Gasteiger partial charge in [-0.1, -0.05) is 28.1 Å². The van der Waals surface area contributed by atoms with Gasteiger partial charge >= 0.3 is 0 Å². The summed E-state index contributed by atoms with van der Waals surface area (Å²) in [6.07, 6.45) is 0. The molecule has 1 aromatic heterocycles. The zero-order valence-corrected chi connectivity index (χ0v) is 17.0. The SMILES string of the molecule is Cc1cc(C)nc(NC(=S)N2CCN(Cc3ccc(Br)cc3)CC2)c1. The summed E-state index contributed by atoms with van der Waals surface area (Å²) in [4.78, 5) is 9.21. The molecule has 0 spiro atoms. The van der Waals surface area contributed by atoms with E-state index < -0.39 is 0 Å². The van der Waals surface area contributed by atoms with Crippen molar-refractivity contribution in [2.45, 2.75) is 20.4 Å². The molecule has 0 saturated carbocycles. The van der Waals surface area contributed by atoms with Crippen molar-refractivity contribution >= 4 is 39.1 Å². The van der Waals surface area contributed by atoms with E-state index in [4.69, 9.17) is 12.2 Å². The van der Waals surface area contributed by atoms with E-state index in [1.807, 2.05) is 13.0 Å². The zero-order chi connectivity index (χ0) is 17.8. The molecule has 0 radical (unpaired) electrons. The molecule has 1 fully saturated rings. The van der Waals surface area contributed by atoms with Crippen LogP contribution in [0.4, 0.5) is 5.82 Å². The Morgan fingerprint density at radius 1 is 1.12 bits per heavy atom. The minimum absolute atomic E-state index is 0.765. The lowest BCUT2D eigenvalue weighted by atomic mass is 10.2. The van der Waals surface area contributed by atoms with Crippen molar-refractivity contribution in [3.63, 3.8) is 0 Å². The predicted molar refractivity (Wildman–Crippen MR) is 111 cm³/mol. The van der Waals surface area contributed by atoms with Gasteiger partial charge in [0.25, 0.3) is 0 Å². The van der Waals surface area contributed by atoms with E-state index in [0.29, 0.717) is 0 Å². The molecule has 1 aliphatic heterocycles. The number of nitrogens with one attached hydrogen (secondary N) is 1. The summed E-state index contributed by atoms with van der Waals surface area (Å²) >= 11 is 9.06. The molecule has 2 aromatic rings. The lowest BCUT2D eigenvalue weighted by molar-refractivity contribution is 0.177. The molecule has 0 unspecified atom stereocenters. The second kappa shape index (κ2) is 8.25. The van der Waals surface area contributed by atoms with Crippen molar-refractivity contribution in [3.05, 3.63) is 57.7 Å². The van der Waals surface area contributed by atoms with Crippen LogP contribution < -0.4 is 5.32 Å². The Balaban J connectivity index is 1.51. The fourth-order valence-corrected chi connectivity index (χ4v) is 3.60. The molecule has 0 bridgehead atoms.